The summed E-state index contributed by atoms with van der Waals surface area (Å²) in [6.07, 6.45) is 2.14. The fraction of sp³-hybridized carbons (Fsp3) is 0.250. The molecule has 0 radical (unpaired) electrons. The minimum atomic E-state index is 0.285. The van der Waals surface area contributed by atoms with E-state index in [0.29, 0.717) is 5.92 Å². The van der Waals surface area contributed by atoms with Crippen molar-refractivity contribution in [2.45, 2.75) is 12.3 Å². The van der Waals surface area contributed by atoms with Crippen molar-refractivity contribution in [3.8, 4) is 0 Å². The zero-order valence-electron chi connectivity index (χ0n) is 7.64. The van der Waals surface area contributed by atoms with Crippen LogP contribution in [0.1, 0.15) is 17.9 Å². The molecule has 0 N–H and O–H groups in total. The predicted molar refractivity (Wildman–Crippen MR) is 58.7 cm³/mol. The maximum Gasteiger partial charge on any atom is 0.123 e. The van der Waals surface area contributed by atoms with Crippen LogP contribution in [-0.2, 0) is 4.79 Å². The Bertz CT molecular complexity index is 486. The number of hydrogen-bond acceptors (Lipinski definition) is 2. The van der Waals surface area contributed by atoms with Gasteiger partial charge < -0.3 is 4.79 Å². The van der Waals surface area contributed by atoms with Gasteiger partial charge in [0.15, 0.2) is 0 Å². The summed E-state index contributed by atoms with van der Waals surface area (Å²) in [6.45, 7) is 0. The average Bonchev–Trinajstić information content (AvgIpc) is 2.90. The van der Waals surface area contributed by atoms with Crippen molar-refractivity contribution < 1.29 is 4.79 Å². The Kier molecular flexibility index (Phi) is 1.71. The molecule has 1 saturated carbocycles. The molecule has 14 heavy (non-hydrogen) atoms. The number of carbonyl (C=O) groups excluding carboxylic acids is 1. The lowest BCUT2D eigenvalue weighted by molar-refractivity contribution is -0.108. The highest BCUT2D eigenvalue weighted by atomic mass is 32.1. The second-order valence-corrected chi connectivity index (χ2v) is 4.74. The van der Waals surface area contributed by atoms with Gasteiger partial charge in [-0.25, -0.2) is 0 Å². The van der Waals surface area contributed by atoms with E-state index in [1.54, 1.807) is 11.3 Å². The first-order chi connectivity index (χ1) is 6.90. The van der Waals surface area contributed by atoms with Crippen LogP contribution in [0.2, 0.25) is 0 Å². The number of carbonyl (C=O) groups is 1. The molecule has 2 heteroatoms. The minimum absolute atomic E-state index is 0.285. The number of aldehydes is 1. The number of hydrogen-bond donors (Lipinski definition) is 0. The Labute approximate surface area is 86.4 Å². The molecular formula is C12H10OS. The van der Waals surface area contributed by atoms with E-state index in [4.69, 9.17) is 0 Å². The first-order valence-electron chi connectivity index (χ1n) is 4.81. The van der Waals surface area contributed by atoms with Gasteiger partial charge in [-0.2, -0.15) is 0 Å². The molecule has 2 unspecified atom stereocenters. The molecule has 0 amide bonds. The first kappa shape index (κ1) is 8.18. The van der Waals surface area contributed by atoms with Gasteiger partial charge >= 0.3 is 0 Å². The standard InChI is InChI=1S/C12H10OS/c13-6-8-5-10(8)11-7-14-12-4-2-1-3-9(11)12/h1-4,6-8,10H,5H2. The predicted octanol–water partition coefficient (Wildman–Crippen LogP) is 3.20. The summed E-state index contributed by atoms with van der Waals surface area (Å²) >= 11 is 1.78. The van der Waals surface area contributed by atoms with Crippen molar-refractivity contribution in [2.75, 3.05) is 0 Å². The third-order valence-corrected chi connectivity index (χ3v) is 3.91. The second-order valence-electron chi connectivity index (χ2n) is 3.83. The summed E-state index contributed by atoms with van der Waals surface area (Å²) in [7, 11) is 0. The number of fused-ring (bicyclic) bond motifs is 1. The van der Waals surface area contributed by atoms with Crippen LogP contribution in [0.25, 0.3) is 10.1 Å². The average molecular weight is 202 g/mol. The monoisotopic (exact) mass is 202 g/mol. The fourth-order valence-electron chi connectivity index (χ4n) is 2.01. The highest BCUT2D eigenvalue weighted by molar-refractivity contribution is 7.17. The van der Waals surface area contributed by atoms with Crippen molar-refractivity contribution in [2.24, 2.45) is 5.92 Å². The molecule has 1 aliphatic rings. The van der Waals surface area contributed by atoms with Gasteiger partial charge in [0.2, 0.25) is 0 Å². The topological polar surface area (TPSA) is 17.1 Å². The molecule has 1 nitrogen and oxygen atoms in total. The van der Waals surface area contributed by atoms with E-state index < -0.39 is 0 Å². The summed E-state index contributed by atoms with van der Waals surface area (Å²) < 4.78 is 1.33. The first-order valence-corrected chi connectivity index (χ1v) is 5.69. The SMILES string of the molecule is O=CC1CC1c1csc2ccccc12. The van der Waals surface area contributed by atoms with E-state index in [2.05, 4.69) is 29.6 Å². The van der Waals surface area contributed by atoms with Gasteiger partial charge in [0, 0.05) is 10.6 Å². The largest absolute Gasteiger partial charge is 0.303 e. The van der Waals surface area contributed by atoms with Crippen LogP contribution in [0.5, 0.6) is 0 Å². The molecule has 70 valence electrons. The van der Waals surface area contributed by atoms with E-state index in [9.17, 15) is 4.79 Å². The van der Waals surface area contributed by atoms with Gasteiger partial charge in [0.05, 0.1) is 0 Å². The van der Waals surface area contributed by atoms with E-state index in [-0.39, 0.29) is 5.92 Å². The highest BCUT2D eigenvalue weighted by Crippen LogP contribution is 2.49. The molecular weight excluding hydrogens is 192 g/mol. The fourth-order valence-corrected chi connectivity index (χ4v) is 3.03. The van der Waals surface area contributed by atoms with Crippen LogP contribution in [-0.4, -0.2) is 6.29 Å². The summed E-state index contributed by atoms with van der Waals surface area (Å²) in [5.41, 5.74) is 1.38. The smallest absolute Gasteiger partial charge is 0.123 e. The van der Waals surface area contributed by atoms with Crippen molar-refractivity contribution in [1.29, 1.82) is 0 Å². The van der Waals surface area contributed by atoms with Gasteiger partial charge in [0.1, 0.15) is 6.29 Å². The van der Waals surface area contributed by atoms with Gasteiger partial charge in [-0.05, 0) is 34.7 Å². The van der Waals surface area contributed by atoms with Crippen LogP contribution < -0.4 is 0 Å². The van der Waals surface area contributed by atoms with Crippen molar-refractivity contribution >= 4 is 27.7 Å². The van der Waals surface area contributed by atoms with Crippen LogP contribution in [0.3, 0.4) is 0 Å². The highest BCUT2D eigenvalue weighted by Gasteiger charge is 2.39. The lowest BCUT2D eigenvalue weighted by Crippen LogP contribution is -1.81. The van der Waals surface area contributed by atoms with Crippen molar-refractivity contribution in [3.63, 3.8) is 0 Å². The Morgan fingerprint density at radius 2 is 2.21 bits per heavy atom. The molecule has 0 bridgehead atoms. The summed E-state index contributed by atoms with van der Waals surface area (Å²) in [6, 6.07) is 8.42. The molecule has 1 heterocycles. The summed E-state index contributed by atoms with van der Waals surface area (Å²) in [5, 5.41) is 3.55. The Morgan fingerprint density at radius 1 is 1.36 bits per heavy atom. The molecule has 1 fully saturated rings. The number of rotatable bonds is 2. The van der Waals surface area contributed by atoms with Gasteiger partial charge in [-0.3, -0.25) is 0 Å². The summed E-state index contributed by atoms with van der Waals surface area (Å²) in [4.78, 5) is 10.6. The Hall–Kier alpha value is -1.15. The van der Waals surface area contributed by atoms with Crippen molar-refractivity contribution in [3.05, 3.63) is 35.2 Å². The molecule has 0 saturated heterocycles. The van der Waals surface area contributed by atoms with Gasteiger partial charge in [-0.1, -0.05) is 18.2 Å². The van der Waals surface area contributed by atoms with E-state index >= 15 is 0 Å². The van der Waals surface area contributed by atoms with Crippen LogP contribution in [0, 0.1) is 5.92 Å². The second kappa shape index (κ2) is 2.92. The molecule has 1 aromatic carbocycles. The Balaban J connectivity index is 2.10. The maximum atomic E-state index is 10.6. The van der Waals surface area contributed by atoms with Crippen molar-refractivity contribution in [1.82, 2.24) is 0 Å². The van der Waals surface area contributed by atoms with Gasteiger partial charge in [0.25, 0.3) is 0 Å². The van der Waals surface area contributed by atoms with Crippen LogP contribution >= 0.6 is 11.3 Å². The Morgan fingerprint density at radius 3 is 3.00 bits per heavy atom. The molecule has 0 aliphatic heterocycles. The summed E-state index contributed by atoms with van der Waals surface area (Å²) in [5.74, 6) is 0.789. The molecule has 0 spiro atoms. The quantitative estimate of drug-likeness (QED) is 0.683. The molecule has 1 aliphatic carbocycles. The maximum absolute atomic E-state index is 10.6. The zero-order chi connectivity index (χ0) is 9.54. The molecule has 2 atom stereocenters. The normalized spacial score (nSPS) is 25.1. The number of benzene rings is 1. The lowest BCUT2D eigenvalue weighted by Gasteiger charge is -1.94. The van der Waals surface area contributed by atoms with Crippen LogP contribution in [0.15, 0.2) is 29.6 Å². The van der Waals surface area contributed by atoms with Gasteiger partial charge in [-0.15, -0.1) is 11.3 Å². The van der Waals surface area contributed by atoms with E-state index in [0.717, 1.165) is 12.7 Å². The minimum Gasteiger partial charge on any atom is -0.303 e. The zero-order valence-corrected chi connectivity index (χ0v) is 8.46. The van der Waals surface area contributed by atoms with Crippen LogP contribution in [0.4, 0.5) is 0 Å². The molecule has 2 aromatic rings. The third-order valence-electron chi connectivity index (χ3n) is 2.92. The van der Waals surface area contributed by atoms with E-state index in [1.807, 2.05) is 0 Å². The van der Waals surface area contributed by atoms with E-state index in [1.165, 1.54) is 15.6 Å². The number of thiophene rings is 1. The third kappa shape index (κ3) is 1.11. The molecule has 1 aromatic heterocycles. The molecule has 3 rings (SSSR count). The lowest BCUT2D eigenvalue weighted by atomic mass is 10.1.